The number of fused-ring (bicyclic) bond motifs is 3. The summed E-state index contributed by atoms with van der Waals surface area (Å²) in [6, 6.07) is 11.7. The molecular weight excluding hydrogens is 188 g/mol. The molecule has 72 valence electrons. The average molecular weight is 196 g/mol. The van der Waals surface area contributed by atoms with Crippen LogP contribution in [0.5, 0.6) is 0 Å². The van der Waals surface area contributed by atoms with E-state index in [2.05, 4.69) is 0 Å². The van der Waals surface area contributed by atoms with Crippen molar-refractivity contribution in [3.05, 3.63) is 48.2 Å². The lowest BCUT2D eigenvalue weighted by Gasteiger charge is -2.00. The summed E-state index contributed by atoms with van der Waals surface area (Å²) < 4.78 is 5.32. The molecule has 2 aromatic carbocycles. The minimum absolute atomic E-state index is 0.605. The third kappa shape index (κ3) is 1.08. The Kier molecular flexibility index (Phi) is 1.62. The molecule has 0 aliphatic carbocycles. The maximum atomic E-state index is 10.9. The van der Waals surface area contributed by atoms with Crippen molar-refractivity contribution in [2.24, 2.45) is 0 Å². The van der Waals surface area contributed by atoms with Crippen LogP contribution in [-0.4, -0.2) is 6.29 Å². The van der Waals surface area contributed by atoms with Crippen LogP contribution in [-0.2, 0) is 0 Å². The Bertz CT molecular complexity index is 650. The third-order valence-electron chi connectivity index (χ3n) is 2.62. The zero-order valence-corrected chi connectivity index (χ0v) is 7.94. The van der Waals surface area contributed by atoms with Gasteiger partial charge in [0.2, 0.25) is 0 Å². The zero-order chi connectivity index (χ0) is 10.3. The van der Waals surface area contributed by atoms with E-state index in [0.717, 1.165) is 22.4 Å². The molecule has 2 nitrogen and oxygen atoms in total. The first kappa shape index (κ1) is 8.24. The van der Waals surface area contributed by atoms with Crippen LogP contribution in [0.1, 0.15) is 10.4 Å². The zero-order valence-electron chi connectivity index (χ0n) is 7.94. The van der Waals surface area contributed by atoms with Gasteiger partial charge in [-0.05, 0) is 22.9 Å². The second-order valence-corrected chi connectivity index (χ2v) is 3.47. The normalized spacial score (nSPS) is 10.9. The van der Waals surface area contributed by atoms with Crippen LogP contribution >= 0.6 is 0 Å². The molecule has 0 bridgehead atoms. The van der Waals surface area contributed by atoms with Gasteiger partial charge in [-0.25, -0.2) is 0 Å². The number of benzene rings is 2. The van der Waals surface area contributed by atoms with Crippen molar-refractivity contribution in [3.63, 3.8) is 0 Å². The van der Waals surface area contributed by atoms with Gasteiger partial charge in [0.25, 0.3) is 0 Å². The molecular formula is C13H8O2. The quantitative estimate of drug-likeness (QED) is 0.558. The van der Waals surface area contributed by atoms with Gasteiger partial charge in [-0.1, -0.05) is 24.3 Å². The first-order valence-corrected chi connectivity index (χ1v) is 4.74. The Balaban J connectivity index is 2.62. The predicted octanol–water partition coefficient (Wildman–Crippen LogP) is 3.40. The molecule has 1 heterocycles. The first-order valence-electron chi connectivity index (χ1n) is 4.74. The fraction of sp³-hybridized carbons (Fsp3) is 0. The van der Waals surface area contributed by atoms with Crippen LogP contribution in [0.2, 0.25) is 0 Å². The highest BCUT2D eigenvalue weighted by molar-refractivity contribution is 6.11. The smallest absolute Gasteiger partial charge is 0.153 e. The highest BCUT2D eigenvalue weighted by Crippen LogP contribution is 2.28. The third-order valence-corrected chi connectivity index (χ3v) is 2.62. The Morgan fingerprint density at radius 2 is 1.93 bits per heavy atom. The van der Waals surface area contributed by atoms with Gasteiger partial charge in [-0.3, -0.25) is 4.79 Å². The predicted molar refractivity (Wildman–Crippen MR) is 59.1 cm³/mol. The lowest BCUT2D eigenvalue weighted by Crippen LogP contribution is -1.82. The highest BCUT2D eigenvalue weighted by atomic mass is 16.3. The molecule has 0 radical (unpaired) electrons. The Morgan fingerprint density at radius 3 is 2.80 bits per heavy atom. The number of rotatable bonds is 1. The Labute approximate surface area is 86.1 Å². The number of carbonyl (C=O) groups excluding carboxylic acids is 1. The minimum Gasteiger partial charge on any atom is -0.464 e. The molecule has 0 amide bonds. The fourth-order valence-corrected chi connectivity index (χ4v) is 1.93. The summed E-state index contributed by atoms with van der Waals surface area (Å²) in [6.07, 6.45) is 2.45. The lowest BCUT2D eigenvalue weighted by atomic mass is 10.0. The van der Waals surface area contributed by atoms with Gasteiger partial charge in [0.1, 0.15) is 5.58 Å². The van der Waals surface area contributed by atoms with Crippen LogP contribution in [0.25, 0.3) is 21.7 Å². The lowest BCUT2D eigenvalue weighted by molar-refractivity contribution is 0.112. The fourth-order valence-electron chi connectivity index (χ4n) is 1.93. The number of hydrogen-bond acceptors (Lipinski definition) is 2. The molecule has 3 aromatic rings. The van der Waals surface area contributed by atoms with Crippen LogP contribution in [0.15, 0.2) is 47.1 Å². The van der Waals surface area contributed by atoms with Crippen molar-refractivity contribution >= 4 is 28.0 Å². The van der Waals surface area contributed by atoms with Gasteiger partial charge in [-0.15, -0.1) is 0 Å². The average Bonchev–Trinajstić information content (AvgIpc) is 2.77. The van der Waals surface area contributed by atoms with E-state index in [9.17, 15) is 4.79 Å². The molecule has 1 aromatic heterocycles. The Morgan fingerprint density at radius 1 is 1.07 bits per heavy atom. The van der Waals surface area contributed by atoms with Crippen LogP contribution in [0.3, 0.4) is 0 Å². The number of aldehydes is 1. The summed E-state index contributed by atoms with van der Waals surface area (Å²) in [7, 11) is 0. The van der Waals surface area contributed by atoms with Crippen LogP contribution < -0.4 is 0 Å². The van der Waals surface area contributed by atoms with Gasteiger partial charge in [0.15, 0.2) is 6.29 Å². The summed E-state index contributed by atoms with van der Waals surface area (Å²) in [6.45, 7) is 0. The van der Waals surface area contributed by atoms with Gasteiger partial charge < -0.3 is 4.42 Å². The van der Waals surface area contributed by atoms with Crippen molar-refractivity contribution in [1.29, 1.82) is 0 Å². The van der Waals surface area contributed by atoms with Crippen molar-refractivity contribution in [2.75, 3.05) is 0 Å². The second-order valence-electron chi connectivity index (χ2n) is 3.47. The van der Waals surface area contributed by atoms with E-state index in [-0.39, 0.29) is 0 Å². The molecule has 0 unspecified atom stereocenters. The summed E-state index contributed by atoms with van der Waals surface area (Å²) in [5.74, 6) is 0. The van der Waals surface area contributed by atoms with E-state index < -0.39 is 0 Å². The molecule has 0 fully saturated rings. The first-order chi connectivity index (χ1) is 7.40. The molecule has 0 saturated heterocycles. The molecule has 0 aliphatic rings. The highest BCUT2D eigenvalue weighted by Gasteiger charge is 2.07. The number of furan rings is 1. The number of hydrogen-bond donors (Lipinski definition) is 0. The van der Waals surface area contributed by atoms with Gasteiger partial charge in [0, 0.05) is 5.39 Å². The monoisotopic (exact) mass is 196 g/mol. The summed E-state index contributed by atoms with van der Waals surface area (Å²) >= 11 is 0. The van der Waals surface area contributed by atoms with Crippen molar-refractivity contribution in [3.8, 4) is 0 Å². The van der Waals surface area contributed by atoms with E-state index in [0.29, 0.717) is 11.1 Å². The van der Waals surface area contributed by atoms with Crippen molar-refractivity contribution in [1.82, 2.24) is 0 Å². The van der Waals surface area contributed by atoms with E-state index in [1.165, 1.54) is 0 Å². The molecule has 0 atom stereocenters. The van der Waals surface area contributed by atoms with Crippen molar-refractivity contribution < 1.29 is 9.21 Å². The standard InChI is InChI=1S/C13H8O2/c14-8-10-7-9-3-1-2-4-11(9)12-5-6-15-13(10)12/h1-8H. The molecule has 3 rings (SSSR count). The SMILES string of the molecule is O=Cc1cc2ccccc2c2ccoc12. The maximum Gasteiger partial charge on any atom is 0.153 e. The number of carbonyl (C=O) groups is 1. The van der Waals surface area contributed by atoms with E-state index >= 15 is 0 Å². The van der Waals surface area contributed by atoms with E-state index in [1.807, 2.05) is 36.4 Å². The molecule has 0 aliphatic heterocycles. The van der Waals surface area contributed by atoms with Gasteiger partial charge in [-0.2, -0.15) is 0 Å². The van der Waals surface area contributed by atoms with Crippen LogP contribution in [0.4, 0.5) is 0 Å². The van der Waals surface area contributed by atoms with E-state index in [1.54, 1.807) is 6.26 Å². The molecule has 0 saturated carbocycles. The van der Waals surface area contributed by atoms with E-state index in [4.69, 9.17) is 4.42 Å². The molecule has 15 heavy (non-hydrogen) atoms. The van der Waals surface area contributed by atoms with Gasteiger partial charge >= 0.3 is 0 Å². The second kappa shape index (κ2) is 2.95. The molecule has 0 spiro atoms. The Hall–Kier alpha value is -2.09. The minimum atomic E-state index is 0.605. The summed E-state index contributed by atoms with van der Waals surface area (Å²) in [5, 5.41) is 3.18. The summed E-state index contributed by atoms with van der Waals surface area (Å²) in [5.41, 5.74) is 1.28. The van der Waals surface area contributed by atoms with Crippen LogP contribution in [0, 0.1) is 0 Å². The molecule has 2 heteroatoms. The topological polar surface area (TPSA) is 30.2 Å². The molecule has 0 N–H and O–H groups in total. The largest absolute Gasteiger partial charge is 0.464 e. The maximum absolute atomic E-state index is 10.9. The summed E-state index contributed by atoms with van der Waals surface area (Å²) in [4.78, 5) is 10.9. The van der Waals surface area contributed by atoms with Crippen molar-refractivity contribution in [2.45, 2.75) is 0 Å². The van der Waals surface area contributed by atoms with Gasteiger partial charge in [0.05, 0.1) is 11.8 Å².